The molecule has 0 saturated heterocycles. The quantitative estimate of drug-likeness (QED) is 0.867. The van der Waals surface area contributed by atoms with Crippen LogP contribution in [-0.4, -0.2) is 21.3 Å². The van der Waals surface area contributed by atoms with Crippen LogP contribution >= 0.6 is 11.3 Å². The van der Waals surface area contributed by atoms with Crippen LogP contribution in [0.15, 0.2) is 18.6 Å². The van der Waals surface area contributed by atoms with Gasteiger partial charge in [0.25, 0.3) is 0 Å². The topological polar surface area (TPSA) is 64.1 Å². The van der Waals surface area contributed by atoms with Gasteiger partial charge in [0.1, 0.15) is 0 Å². The highest BCUT2D eigenvalue weighted by Gasteiger charge is 2.11. The van der Waals surface area contributed by atoms with Gasteiger partial charge in [-0.1, -0.05) is 0 Å². The number of imidazole rings is 1. The van der Waals surface area contributed by atoms with Crippen LogP contribution in [0, 0.1) is 13.8 Å². The van der Waals surface area contributed by atoms with Gasteiger partial charge in [0, 0.05) is 16.0 Å². The molecule has 1 atom stereocenters. The number of aromatic nitrogens is 2. The van der Waals surface area contributed by atoms with E-state index >= 15 is 0 Å². The second kappa shape index (κ2) is 5.00. The molecular formula is C12H17N3OS. The fraction of sp³-hybridized carbons (Fsp3) is 0.417. The minimum Gasteiger partial charge on any atom is -0.394 e. The van der Waals surface area contributed by atoms with Crippen LogP contribution in [0.5, 0.6) is 0 Å². The second-order valence-corrected chi connectivity index (χ2v) is 5.53. The number of nitrogens with zero attached hydrogens (tertiary/aromatic N) is 2. The summed E-state index contributed by atoms with van der Waals surface area (Å²) < 4.78 is 1.99. The molecule has 4 nitrogen and oxygen atoms in total. The first-order valence-corrected chi connectivity index (χ1v) is 6.36. The molecule has 0 amide bonds. The molecule has 2 rings (SSSR count). The van der Waals surface area contributed by atoms with Gasteiger partial charge < -0.3 is 15.4 Å². The maximum atomic E-state index is 9.08. The summed E-state index contributed by atoms with van der Waals surface area (Å²) in [6.45, 7) is 4.94. The van der Waals surface area contributed by atoms with Gasteiger partial charge in [-0.05, 0) is 25.5 Å². The second-order valence-electron chi connectivity index (χ2n) is 4.19. The van der Waals surface area contributed by atoms with Crippen molar-refractivity contribution in [3.05, 3.63) is 39.6 Å². The lowest BCUT2D eigenvalue weighted by atomic mass is 10.2. The van der Waals surface area contributed by atoms with Gasteiger partial charge in [-0.3, -0.25) is 0 Å². The summed E-state index contributed by atoms with van der Waals surface area (Å²) in [5.41, 5.74) is 8.01. The van der Waals surface area contributed by atoms with E-state index in [1.54, 1.807) is 23.9 Å². The van der Waals surface area contributed by atoms with Crippen molar-refractivity contribution in [2.24, 2.45) is 5.73 Å². The molecule has 0 spiro atoms. The highest BCUT2D eigenvalue weighted by atomic mass is 32.1. The number of aryl methyl sites for hydroxylation is 2. The Bertz CT molecular complexity index is 484. The molecule has 0 saturated carbocycles. The average molecular weight is 251 g/mol. The number of hydrogen-bond donors (Lipinski definition) is 2. The molecule has 0 aliphatic carbocycles. The highest BCUT2D eigenvalue weighted by Crippen LogP contribution is 2.22. The Hall–Kier alpha value is -1.17. The average Bonchev–Trinajstić information content (AvgIpc) is 2.86. The van der Waals surface area contributed by atoms with Crippen LogP contribution in [0.4, 0.5) is 0 Å². The van der Waals surface area contributed by atoms with E-state index in [1.165, 1.54) is 15.3 Å². The molecule has 92 valence electrons. The van der Waals surface area contributed by atoms with Crippen molar-refractivity contribution >= 4 is 11.3 Å². The number of thiophene rings is 1. The van der Waals surface area contributed by atoms with E-state index in [0.717, 1.165) is 12.2 Å². The summed E-state index contributed by atoms with van der Waals surface area (Å²) in [4.78, 5) is 6.72. The molecule has 0 radical (unpaired) electrons. The standard InChI is InChI=1S/C12H17N3OS/c1-8-3-10(17-9(8)2)5-15-7-14-4-12(15)11(13)6-16/h3-4,7,11,16H,5-6,13H2,1-2H3. The Morgan fingerprint density at radius 2 is 2.29 bits per heavy atom. The first-order valence-electron chi connectivity index (χ1n) is 5.54. The third-order valence-corrected chi connectivity index (χ3v) is 4.00. The smallest absolute Gasteiger partial charge is 0.0952 e. The SMILES string of the molecule is Cc1cc(Cn2cncc2C(N)CO)sc1C. The summed E-state index contributed by atoms with van der Waals surface area (Å²) >= 11 is 1.79. The molecule has 0 aliphatic heterocycles. The molecule has 17 heavy (non-hydrogen) atoms. The maximum absolute atomic E-state index is 9.08. The zero-order valence-electron chi connectivity index (χ0n) is 10.1. The van der Waals surface area contributed by atoms with Crippen molar-refractivity contribution in [3.63, 3.8) is 0 Å². The van der Waals surface area contributed by atoms with E-state index in [-0.39, 0.29) is 12.6 Å². The largest absolute Gasteiger partial charge is 0.394 e. The molecule has 0 fully saturated rings. The van der Waals surface area contributed by atoms with Gasteiger partial charge in [-0.15, -0.1) is 11.3 Å². The molecule has 2 aromatic rings. The van der Waals surface area contributed by atoms with Crippen LogP contribution in [0.25, 0.3) is 0 Å². The maximum Gasteiger partial charge on any atom is 0.0952 e. The number of hydrogen-bond acceptors (Lipinski definition) is 4. The predicted octanol–water partition coefficient (Wildman–Crippen LogP) is 1.60. The van der Waals surface area contributed by atoms with E-state index in [4.69, 9.17) is 10.8 Å². The molecule has 2 heterocycles. The van der Waals surface area contributed by atoms with Gasteiger partial charge in [-0.2, -0.15) is 0 Å². The fourth-order valence-corrected chi connectivity index (χ4v) is 2.81. The minimum atomic E-state index is -0.361. The van der Waals surface area contributed by atoms with Gasteiger partial charge in [0.05, 0.1) is 31.2 Å². The number of aliphatic hydroxyl groups is 1. The van der Waals surface area contributed by atoms with E-state index in [0.29, 0.717) is 0 Å². The first kappa shape index (κ1) is 12.3. The third-order valence-electron chi connectivity index (χ3n) is 2.86. The number of rotatable bonds is 4. The zero-order chi connectivity index (χ0) is 12.4. The van der Waals surface area contributed by atoms with Gasteiger partial charge >= 0.3 is 0 Å². The summed E-state index contributed by atoms with van der Waals surface area (Å²) in [5, 5.41) is 9.08. The molecular weight excluding hydrogens is 234 g/mol. The van der Waals surface area contributed by atoms with Gasteiger partial charge in [0.15, 0.2) is 0 Å². The van der Waals surface area contributed by atoms with Crippen LogP contribution in [0.3, 0.4) is 0 Å². The normalized spacial score (nSPS) is 12.9. The Kier molecular flexibility index (Phi) is 3.61. The van der Waals surface area contributed by atoms with Crippen molar-refractivity contribution < 1.29 is 5.11 Å². The van der Waals surface area contributed by atoms with Crippen LogP contribution in [-0.2, 0) is 6.54 Å². The highest BCUT2D eigenvalue weighted by molar-refractivity contribution is 7.12. The monoisotopic (exact) mass is 251 g/mol. The molecule has 0 aliphatic rings. The van der Waals surface area contributed by atoms with E-state index in [2.05, 4.69) is 24.9 Å². The predicted molar refractivity (Wildman–Crippen MR) is 69.1 cm³/mol. The van der Waals surface area contributed by atoms with Crippen LogP contribution in [0.2, 0.25) is 0 Å². The van der Waals surface area contributed by atoms with Crippen LogP contribution < -0.4 is 5.73 Å². The van der Waals surface area contributed by atoms with E-state index in [9.17, 15) is 0 Å². The lowest BCUT2D eigenvalue weighted by molar-refractivity contribution is 0.263. The summed E-state index contributed by atoms with van der Waals surface area (Å²) in [6.07, 6.45) is 3.48. The Morgan fingerprint density at radius 3 is 2.88 bits per heavy atom. The Balaban J connectivity index is 2.21. The number of nitrogens with two attached hydrogens (primary N) is 1. The molecule has 0 bridgehead atoms. The molecule has 3 N–H and O–H groups in total. The van der Waals surface area contributed by atoms with Crippen molar-refractivity contribution in [1.29, 1.82) is 0 Å². The third kappa shape index (κ3) is 2.57. The number of aliphatic hydroxyl groups excluding tert-OH is 1. The summed E-state index contributed by atoms with van der Waals surface area (Å²) in [5.74, 6) is 0. The molecule has 5 heteroatoms. The van der Waals surface area contributed by atoms with Gasteiger partial charge in [0.2, 0.25) is 0 Å². The summed E-state index contributed by atoms with van der Waals surface area (Å²) in [7, 11) is 0. The lowest BCUT2D eigenvalue weighted by Crippen LogP contribution is -2.18. The lowest BCUT2D eigenvalue weighted by Gasteiger charge is -2.11. The van der Waals surface area contributed by atoms with Crippen molar-refractivity contribution in [2.45, 2.75) is 26.4 Å². The van der Waals surface area contributed by atoms with Crippen LogP contribution in [0.1, 0.15) is 27.1 Å². The van der Waals surface area contributed by atoms with E-state index < -0.39 is 0 Å². The minimum absolute atomic E-state index is 0.0613. The van der Waals surface area contributed by atoms with Crippen molar-refractivity contribution in [2.75, 3.05) is 6.61 Å². The van der Waals surface area contributed by atoms with Crippen molar-refractivity contribution in [1.82, 2.24) is 9.55 Å². The molecule has 0 aromatic carbocycles. The fourth-order valence-electron chi connectivity index (χ4n) is 1.76. The Morgan fingerprint density at radius 1 is 1.53 bits per heavy atom. The van der Waals surface area contributed by atoms with Gasteiger partial charge in [-0.25, -0.2) is 4.98 Å². The first-order chi connectivity index (χ1) is 8.11. The Labute approximate surface area is 105 Å². The van der Waals surface area contributed by atoms with E-state index in [1.807, 2.05) is 4.57 Å². The molecule has 1 unspecified atom stereocenters. The molecule has 2 aromatic heterocycles. The zero-order valence-corrected chi connectivity index (χ0v) is 10.9. The van der Waals surface area contributed by atoms with Crippen molar-refractivity contribution in [3.8, 4) is 0 Å². The summed E-state index contributed by atoms with van der Waals surface area (Å²) in [6, 6.07) is 1.83.